The largest absolute Gasteiger partial charge is 0.391 e. The van der Waals surface area contributed by atoms with Crippen molar-refractivity contribution in [3.63, 3.8) is 0 Å². The fourth-order valence-electron chi connectivity index (χ4n) is 6.10. The number of carbonyl (C=O) groups excluding carboxylic acids is 1. The Balaban J connectivity index is 1.68. The van der Waals surface area contributed by atoms with Gasteiger partial charge in [-0.3, -0.25) is 4.79 Å². The second-order valence-corrected chi connectivity index (χ2v) is 11.0. The zero-order valence-electron chi connectivity index (χ0n) is 21.4. The molecule has 0 aromatic heterocycles. The Morgan fingerprint density at radius 1 is 1.24 bits per heavy atom. The summed E-state index contributed by atoms with van der Waals surface area (Å²) in [6, 6.07) is 11.3. The van der Waals surface area contributed by atoms with Crippen molar-refractivity contribution in [2.24, 2.45) is 17.6 Å². The first-order chi connectivity index (χ1) is 17.7. The highest BCUT2D eigenvalue weighted by atomic mass is 35.5. The quantitative estimate of drug-likeness (QED) is 0.414. The van der Waals surface area contributed by atoms with E-state index in [1.807, 2.05) is 17.0 Å². The number of aliphatic hydroxyl groups excluding tert-OH is 1. The van der Waals surface area contributed by atoms with E-state index >= 15 is 0 Å². The standard InChI is InChI=1S/C29H38ClFN2O4/c1-37-14-3-2-12-29(36,23-10-5-11-24(30)27(23)19-7-4-9-22(31)15-19)21-8-6-13-33(18-21)28(35)20-16-25(32)26(34)17-20/h4-5,7,9-11,15,20-21,25-26,34,36H,2-3,6,8,12-14,16-18,32H2,1H3/t20-,21?,25+,26-,29-/m0/s1. The number of nitrogens with two attached hydrogens (primary N) is 1. The topological polar surface area (TPSA) is 96.0 Å². The predicted molar refractivity (Wildman–Crippen MR) is 142 cm³/mol. The molecular formula is C29H38ClFN2O4. The first-order valence-corrected chi connectivity index (χ1v) is 13.6. The van der Waals surface area contributed by atoms with Gasteiger partial charge in [-0.2, -0.15) is 0 Å². The lowest BCUT2D eigenvalue weighted by Crippen LogP contribution is -2.49. The van der Waals surface area contributed by atoms with Crippen LogP contribution < -0.4 is 5.73 Å². The summed E-state index contributed by atoms with van der Waals surface area (Å²) < 4.78 is 19.4. The predicted octanol–water partition coefficient (Wildman–Crippen LogP) is 4.49. The van der Waals surface area contributed by atoms with Crippen molar-refractivity contribution in [2.45, 2.75) is 62.7 Å². The molecule has 0 bridgehead atoms. The molecule has 6 nitrogen and oxygen atoms in total. The van der Waals surface area contributed by atoms with E-state index in [4.69, 9.17) is 22.1 Å². The minimum Gasteiger partial charge on any atom is -0.391 e. The van der Waals surface area contributed by atoms with Crippen LogP contribution in [0.15, 0.2) is 42.5 Å². The second-order valence-electron chi connectivity index (χ2n) is 10.6. The second kappa shape index (κ2) is 12.2. The number of carbonyl (C=O) groups is 1. The molecule has 2 aromatic carbocycles. The number of aliphatic hydroxyl groups is 2. The van der Waals surface area contributed by atoms with Crippen LogP contribution in [-0.2, 0) is 15.1 Å². The molecule has 1 aliphatic carbocycles. The smallest absolute Gasteiger partial charge is 0.225 e. The lowest BCUT2D eigenvalue weighted by molar-refractivity contribution is -0.141. The van der Waals surface area contributed by atoms with E-state index in [2.05, 4.69) is 0 Å². The van der Waals surface area contributed by atoms with Crippen LogP contribution in [0.25, 0.3) is 11.1 Å². The van der Waals surface area contributed by atoms with E-state index in [1.54, 1.807) is 25.3 Å². The maximum Gasteiger partial charge on any atom is 0.225 e. The van der Waals surface area contributed by atoms with Crippen LogP contribution in [0.2, 0.25) is 5.02 Å². The number of hydrogen-bond donors (Lipinski definition) is 3. The number of halogens is 2. The van der Waals surface area contributed by atoms with Gasteiger partial charge in [0.1, 0.15) is 5.82 Å². The monoisotopic (exact) mass is 532 g/mol. The molecule has 1 heterocycles. The number of hydrogen-bond acceptors (Lipinski definition) is 5. The highest BCUT2D eigenvalue weighted by Crippen LogP contribution is 2.46. The molecule has 2 aliphatic rings. The Morgan fingerprint density at radius 2 is 2.03 bits per heavy atom. The molecule has 4 N–H and O–H groups in total. The van der Waals surface area contributed by atoms with Crippen LogP contribution in [0.5, 0.6) is 0 Å². The highest BCUT2D eigenvalue weighted by molar-refractivity contribution is 6.33. The molecule has 1 unspecified atom stereocenters. The van der Waals surface area contributed by atoms with Crippen molar-refractivity contribution in [3.05, 3.63) is 58.9 Å². The van der Waals surface area contributed by atoms with Gasteiger partial charge < -0.3 is 25.6 Å². The summed E-state index contributed by atoms with van der Waals surface area (Å²) in [6.07, 6.45) is 3.64. The fourth-order valence-corrected chi connectivity index (χ4v) is 6.38. The van der Waals surface area contributed by atoms with Gasteiger partial charge in [0, 0.05) is 55.3 Å². The fraction of sp³-hybridized carbons (Fsp3) is 0.552. The Labute approximate surface area is 223 Å². The van der Waals surface area contributed by atoms with Crippen LogP contribution in [0.4, 0.5) is 4.39 Å². The van der Waals surface area contributed by atoms with Gasteiger partial charge in [0.15, 0.2) is 0 Å². The normalized spacial score (nSPS) is 25.7. The molecule has 1 saturated carbocycles. The number of likely N-dealkylation sites (tertiary alicyclic amines) is 1. The molecule has 37 heavy (non-hydrogen) atoms. The molecular weight excluding hydrogens is 495 g/mol. The summed E-state index contributed by atoms with van der Waals surface area (Å²) >= 11 is 6.68. The molecule has 2 fully saturated rings. The van der Waals surface area contributed by atoms with Crippen molar-refractivity contribution >= 4 is 17.5 Å². The average molecular weight is 533 g/mol. The third kappa shape index (κ3) is 6.18. The summed E-state index contributed by atoms with van der Waals surface area (Å²) in [7, 11) is 1.65. The van der Waals surface area contributed by atoms with Crippen LogP contribution >= 0.6 is 11.6 Å². The van der Waals surface area contributed by atoms with E-state index in [-0.39, 0.29) is 29.6 Å². The zero-order valence-corrected chi connectivity index (χ0v) is 22.2. The van der Waals surface area contributed by atoms with E-state index in [0.29, 0.717) is 67.1 Å². The SMILES string of the molecule is COCCCC[C@@](O)(c1cccc(Cl)c1-c1cccc(F)c1)C1CCCN(C(=O)[C@H]2C[C@@H](N)[C@@H](O)C2)C1. The van der Waals surface area contributed by atoms with Crippen LogP contribution in [0, 0.1) is 17.7 Å². The molecule has 1 amide bonds. The van der Waals surface area contributed by atoms with Gasteiger partial charge in [0.05, 0.1) is 11.7 Å². The van der Waals surface area contributed by atoms with Gasteiger partial charge in [-0.05, 0) is 74.3 Å². The maximum absolute atomic E-state index is 14.2. The van der Waals surface area contributed by atoms with Crippen molar-refractivity contribution in [1.82, 2.24) is 4.90 Å². The third-order valence-electron chi connectivity index (χ3n) is 8.08. The summed E-state index contributed by atoms with van der Waals surface area (Å²) in [5, 5.41) is 23.0. The number of unbranched alkanes of at least 4 members (excludes halogenated alkanes) is 1. The lowest BCUT2D eigenvalue weighted by Gasteiger charge is -2.44. The van der Waals surface area contributed by atoms with Gasteiger partial charge in [-0.1, -0.05) is 35.9 Å². The number of rotatable bonds is 9. The van der Waals surface area contributed by atoms with Gasteiger partial charge in [0.2, 0.25) is 5.91 Å². The van der Waals surface area contributed by atoms with E-state index in [1.165, 1.54) is 12.1 Å². The van der Waals surface area contributed by atoms with Gasteiger partial charge >= 0.3 is 0 Å². The summed E-state index contributed by atoms with van der Waals surface area (Å²) in [4.78, 5) is 15.2. The lowest BCUT2D eigenvalue weighted by atomic mass is 9.72. The molecule has 8 heteroatoms. The van der Waals surface area contributed by atoms with Crippen molar-refractivity contribution < 1.29 is 24.1 Å². The Morgan fingerprint density at radius 3 is 2.73 bits per heavy atom. The molecule has 0 spiro atoms. The number of piperidine rings is 1. The molecule has 1 aliphatic heterocycles. The summed E-state index contributed by atoms with van der Waals surface area (Å²) in [6.45, 7) is 1.60. The zero-order chi connectivity index (χ0) is 26.6. The highest BCUT2D eigenvalue weighted by Gasteiger charge is 2.44. The van der Waals surface area contributed by atoms with E-state index in [9.17, 15) is 19.4 Å². The average Bonchev–Trinajstić information content (AvgIpc) is 3.23. The van der Waals surface area contributed by atoms with Crippen molar-refractivity contribution in [2.75, 3.05) is 26.8 Å². The molecule has 1 saturated heterocycles. The first kappa shape index (κ1) is 28.0. The maximum atomic E-state index is 14.2. The van der Waals surface area contributed by atoms with E-state index < -0.39 is 11.7 Å². The van der Waals surface area contributed by atoms with Crippen LogP contribution in [0.1, 0.15) is 50.5 Å². The third-order valence-corrected chi connectivity index (χ3v) is 8.40. The van der Waals surface area contributed by atoms with Gasteiger partial charge in [-0.25, -0.2) is 4.39 Å². The molecule has 0 radical (unpaired) electrons. The molecule has 4 rings (SSSR count). The number of ether oxygens (including phenoxy) is 1. The summed E-state index contributed by atoms with van der Waals surface area (Å²) in [5.41, 5.74) is 6.56. The Bertz CT molecular complexity index is 1080. The number of benzene rings is 2. The number of methoxy groups -OCH3 is 1. The number of nitrogens with zero attached hydrogens (tertiary/aromatic N) is 1. The Kier molecular flexibility index (Phi) is 9.24. The van der Waals surface area contributed by atoms with Crippen molar-refractivity contribution in [1.29, 1.82) is 0 Å². The molecule has 5 atom stereocenters. The molecule has 2 aromatic rings. The summed E-state index contributed by atoms with van der Waals surface area (Å²) in [5.74, 6) is -0.917. The Hall–Kier alpha value is -2.03. The minimum absolute atomic E-state index is 0.00474. The van der Waals surface area contributed by atoms with Gasteiger partial charge in [-0.15, -0.1) is 0 Å². The first-order valence-electron chi connectivity index (χ1n) is 13.2. The molecule has 202 valence electrons. The minimum atomic E-state index is -1.29. The van der Waals surface area contributed by atoms with Gasteiger partial charge in [0.25, 0.3) is 0 Å². The van der Waals surface area contributed by atoms with Crippen LogP contribution in [-0.4, -0.2) is 60.0 Å². The van der Waals surface area contributed by atoms with E-state index in [0.717, 1.165) is 19.3 Å². The number of amides is 1. The van der Waals surface area contributed by atoms with Crippen molar-refractivity contribution in [3.8, 4) is 11.1 Å². The van der Waals surface area contributed by atoms with Crippen LogP contribution in [0.3, 0.4) is 0 Å².